The highest BCUT2D eigenvalue weighted by molar-refractivity contribution is 5.85. The van der Waals surface area contributed by atoms with Crippen LogP contribution in [-0.2, 0) is 22.3 Å². The van der Waals surface area contributed by atoms with Gasteiger partial charge in [-0.25, -0.2) is 0 Å². The average molecular weight is 478 g/mol. The standard InChI is InChI=1S/C26H34F3N3O2/c27-26(28,29)22-3-1-2-18(11-22)17-31-4-6-32(7-5-31)24(34)16-30-23(33)15-25-12-19-8-20(13-25)10-21(9-19)14-25/h1-3,11,19-21H,4-10,12-17H2,(H,30,33). The SMILES string of the molecule is O=C(CC12CC3CC(CC(C3)C1)C2)NCC(=O)N1CCN(Cc2cccc(C(F)(F)F)c2)CC1. The summed E-state index contributed by atoms with van der Waals surface area (Å²) >= 11 is 0. The van der Waals surface area contributed by atoms with E-state index in [1.165, 1.54) is 50.7 Å². The lowest BCUT2D eigenvalue weighted by Crippen LogP contribution is -2.51. The van der Waals surface area contributed by atoms with Gasteiger partial charge in [-0.05, 0) is 73.3 Å². The molecule has 0 spiro atoms. The Morgan fingerprint density at radius 3 is 2.18 bits per heavy atom. The van der Waals surface area contributed by atoms with Crippen molar-refractivity contribution >= 4 is 11.8 Å². The number of rotatable bonds is 6. The highest BCUT2D eigenvalue weighted by Gasteiger charge is 2.51. The number of carbonyl (C=O) groups excluding carboxylic acids is 2. The number of hydrogen-bond acceptors (Lipinski definition) is 3. The fourth-order valence-corrected chi connectivity index (χ4v) is 7.46. The van der Waals surface area contributed by atoms with E-state index in [4.69, 9.17) is 0 Å². The van der Waals surface area contributed by atoms with Crippen LogP contribution in [0.1, 0.15) is 56.1 Å². The molecule has 5 fully saturated rings. The minimum Gasteiger partial charge on any atom is -0.347 e. The lowest BCUT2D eigenvalue weighted by atomic mass is 9.49. The lowest BCUT2D eigenvalue weighted by molar-refractivity contribution is -0.137. The van der Waals surface area contributed by atoms with E-state index in [0.717, 1.165) is 23.8 Å². The van der Waals surface area contributed by atoms with Gasteiger partial charge >= 0.3 is 6.18 Å². The summed E-state index contributed by atoms with van der Waals surface area (Å²) in [5.41, 5.74) is 0.145. The van der Waals surface area contributed by atoms with Crippen molar-refractivity contribution in [3.63, 3.8) is 0 Å². The van der Waals surface area contributed by atoms with Crippen LogP contribution >= 0.6 is 0 Å². The molecule has 0 radical (unpaired) electrons. The first-order valence-corrected chi connectivity index (χ1v) is 12.6. The first kappa shape index (κ1) is 23.6. The van der Waals surface area contributed by atoms with Crippen molar-refractivity contribution in [2.75, 3.05) is 32.7 Å². The second kappa shape index (κ2) is 9.17. The number of nitrogens with one attached hydrogen (secondary N) is 1. The largest absolute Gasteiger partial charge is 0.416 e. The Morgan fingerprint density at radius 1 is 0.971 bits per heavy atom. The molecule has 4 saturated carbocycles. The Kier molecular flexibility index (Phi) is 6.38. The molecule has 1 aromatic carbocycles. The van der Waals surface area contributed by atoms with E-state index in [0.29, 0.717) is 44.7 Å². The predicted octanol–water partition coefficient (Wildman–Crippen LogP) is 4.07. The third kappa shape index (κ3) is 5.26. The molecule has 0 unspecified atom stereocenters. The van der Waals surface area contributed by atoms with Crippen LogP contribution in [0.4, 0.5) is 13.2 Å². The summed E-state index contributed by atoms with van der Waals surface area (Å²) in [7, 11) is 0. The third-order valence-electron chi connectivity index (χ3n) is 8.52. The van der Waals surface area contributed by atoms with Crippen molar-refractivity contribution in [3.8, 4) is 0 Å². The molecule has 0 aromatic heterocycles. The quantitative estimate of drug-likeness (QED) is 0.672. The molecule has 34 heavy (non-hydrogen) atoms. The van der Waals surface area contributed by atoms with Crippen molar-refractivity contribution in [3.05, 3.63) is 35.4 Å². The summed E-state index contributed by atoms with van der Waals surface area (Å²) in [6.45, 7) is 2.68. The van der Waals surface area contributed by atoms with Gasteiger partial charge in [-0.3, -0.25) is 14.5 Å². The third-order valence-corrected chi connectivity index (χ3v) is 8.52. The molecule has 1 aliphatic heterocycles. The van der Waals surface area contributed by atoms with Gasteiger partial charge in [0.05, 0.1) is 12.1 Å². The van der Waals surface area contributed by atoms with Crippen molar-refractivity contribution in [1.29, 1.82) is 0 Å². The molecule has 4 aliphatic carbocycles. The molecule has 5 aliphatic rings. The van der Waals surface area contributed by atoms with Crippen molar-refractivity contribution in [1.82, 2.24) is 15.1 Å². The summed E-state index contributed by atoms with van der Waals surface area (Å²) in [6, 6.07) is 5.41. The predicted molar refractivity (Wildman–Crippen MR) is 122 cm³/mol. The first-order chi connectivity index (χ1) is 16.2. The lowest BCUT2D eigenvalue weighted by Gasteiger charge is -2.56. The topological polar surface area (TPSA) is 52.7 Å². The van der Waals surface area contributed by atoms with Gasteiger partial charge in [0.25, 0.3) is 0 Å². The van der Waals surface area contributed by atoms with Crippen molar-refractivity contribution in [2.24, 2.45) is 23.2 Å². The number of hydrogen-bond donors (Lipinski definition) is 1. The summed E-state index contributed by atoms with van der Waals surface area (Å²) in [6.07, 6.45) is 3.77. The molecular formula is C26H34F3N3O2. The second-order valence-electron chi connectivity index (χ2n) is 11.2. The first-order valence-electron chi connectivity index (χ1n) is 12.6. The maximum Gasteiger partial charge on any atom is 0.416 e. The molecule has 5 nitrogen and oxygen atoms in total. The highest BCUT2D eigenvalue weighted by atomic mass is 19.4. The van der Waals surface area contributed by atoms with Crippen LogP contribution < -0.4 is 5.32 Å². The molecule has 1 N–H and O–H groups in total. The Hall–Kier alpha value is -2.09. The molecule has 2 amide bonds. The van der Waals surface area contributed by atoms with Crippen LogP contribution in [-0.4, -0.2) is 54.3 Å². The summed E-state index contributed by atoms with van der Waals surface area (Å²) in [4.78, 5) is 29.2. The van der Waals surface area contributed by atoms with E-state index >= 15 is 0 Å². The van der Waals surface area contributed by atoms with E-state index in [9.17, 15) is 22.8 Å². The number of benzene rings is 1. The van der Waals surface area contributed by atoms with Crippen molar-refractivity contribution < 1.29 is 22.8 Å². The zero-order chi connectivity index (χ0) is 23.9. The number of nitrogens with zero attached hydrogens (tertiary/aromatic N) is 2. The molecule has 1 heterocycles. The fourth-order valence-electron chi connectivity index (χ4n) is 7.46. The number of piperazine rings is 1. The minimum absolute atomic E-state index is 0.00141. The summed E-state index contributed by atoms with van der Waals surface area (Å²) in [5, 5.41) is 2.88. The van der Waals surface area contributed by atoms with Gasteiger partial charge in [-0.2, -0.15) is 13.2 Å². The monoisotopic (exact) mass is 477 g/mol. The average Bonchev–Trinajstić information content (AvgIpc) is 2.76. The summed E-state index contributed by atoms with van der Waals surface area (Å²) in [5.74, 6) is 2.31. The van der Waals surface area contributed by atoms with Gasteiger partial charge < -0.3 is 10.2 Å². The summed E-state index contributed by atoms with van der Waals surface area (Å²) < 4.78 is 38.8. The van der Waals surface area contributed by atoms with Gasteiger partial charge in [0, 0.05) is 39.1 Å². The molecular weight excluding hydrogens is 443 g/mol. The Bertz CT molecular complexity index is 889. The van der Waals surface area contributed by atoms with E-state index in [1.54, 1.807) is 11.0 Å². The molecule has 186 valence electrons. The zero-order valence-corrected chi connectivity index (χ0v) is 19.6. The number of alkyl halides is 3. The van der Waals surface area contributed by atoms with Crippen LogP contribution in [0.15, 0.2) is 24.3 Å². The fraction of sp³-hybridized carbons (Fsp3) is 0.692. The number of amides is 2. The molecule has 1 saturated heterocycles. The van der Waals surface area contributed by atoms with Crippen LogP contribution in [0.5, 0.6) is 0 Å². The number of halogens is 3. The minimum atomic E-state index is -4.35. The number of carbonyl (C=O) groups is 2. The molecule has 0 atom stereocenters. The Balaban J connectivity index is 1.05. The Labute approximate surface area is 199 Å². The van der Waals surface area contributed by atoms with Gasteiger partial charge in [-0.15, -0.1) is 0 Å². The molecule has 6 rings (SSSR count). The maximum atomic E-state index is 12.9. The van der Waals surface area contributed by atoms with Crippen LogP contribution in [0.2, 0.25) is 0 Å². The maximum absolute atomic E-state index is 12.9. The van der Waals surface area contributed by atoms with Crippen LogP contribution in [0.25, 0.3) is 0 Å². The van der Waals surface area contributed by atoms with E-state index in [-0.39, 0.29) is 23.8 Å². The van der Waals surface area contributed by atoms with E-state index < -0.39 is 11.7 Å². The molecule has 1 aromatic rings. The van der Waals surface area contributed by atoms with Crippen molar-refractivity contribution in [2.45, 2.75) is 57.7 Å². The van der Waals surface area contributed by atoms with Gasteiger partial charge in [0.15, 0.2) is 0 Å². The smallest absolute Gasteiger partial charge is 0.347 e. The zero-order valence-electron chi connectivity index (χ0n) is 19.6. The Morgan fingerprint density at radius 2 is 1.59 bits per heavy atom. The second-order valence-corrected chi connectivity index (χ2v) is 11.2. The van der Waals surface area contributed by atoms with Crippen LogP contribution in [0, 0.1) is 23.2 Å². The highest BCUT2D eigenvalue weighted by Crippen LogP contribution is 2.61. The van der Waals surface area contributed by atoms with E-state index in [1.807, 2.05) is 0 Å². The van der Waals surface area contributed by atoms with Gasteiger partial charge in [0.2, 0.25) is 11.8 Å². The van der Waals surface area contributed by atoms with Gasteiger partial charge in [-0.1, -0.05) is 18.2 Å². The normalized spacial score (nSPS) is 31.0. The van der Waals surface area contributed by atoms with E-state index in [2.05, 4.69) is 10.2 Å². The van der Waals surface area contributed by atoms with Crippen LogP contribution in [0.3, 0.4) is 0 Å². The molecule has 4 bridgehead atoms. The van der Waals surface area contributed by atoms with Gasteiger partial charge in [0.1, 0.15) is 0 Å². The molecule has 8 heteroatoms.